The molecule has 0 saturated heterocycles. The van der Waals surface area contributed by atoms with Crippen LogP contribution in [0.25, 0.3) is 10.9 Å². The van der Waals surface area contributed by atoms with Gasteiger partial charge in [-0.05, 0) is 51.7 Å². The minimum absolute atomic E-state index is 0.00968. The third kappa shape index (κ3) is 4.26. The molecule has 2 atom stereocenters. The molecule has 6 heteroatoms. The number of carbonyl (C=O) groups is 2. The van der Waals surface area contributed by atoms with Gasteiger partial charge in [-0.3, -0.25) is 4.79 Å². The summed E-state index contributed by atoms with van der Waals surface area (Å²) < 4.78 is 7.75. The molecule has 1 amide bonds. The Morgan fingerprint density at radius 2 is 2.00 bits per heavy atom. The SMILES string of the molecule is CCCC(C(=O)O)c1c2n(c3ccccc13)C[C@H](N(C)C(=O)OC(C)(C)C)CC2. The van der Waals surface area contributed by atoms with E-state index in [0.29, 0.717) is 13.0 Å². The van der Waals surface area contributed by atoms with Crippen molar-refractivity contribution in [2.24, 2.45) is 0 Å². The molecule has 2 aromatic rings. The first-order valence-electron chi connectivity index (χ1n) is 10.4. The second-order valence-electron chi connectivity index (χ2n) is 8.95. The molecular weight excluding hydrogens is 368 g/mol. The Labute approximate surface area is 172 Å². The number of fused-ring (bicyclic) bond motifs is 3. The highest BCUT2D eigenvalue weighted by Crippen LogP contribution is 2.38. The van der Waals surface area contributed by atoms with E-state index < -0.39 is 17.5 Å². The molecule has 1 unspecified atom stereocenters. The number of hydrogen-bond acceptors (Lipinski definition) is 3. The van der Waals surface area contributed by atoms with Crippen molar-refractivity contribution in [1.82, 2.24) is 9.47 Å². The molecule has 158 valence electrons. The van der Waals surface area contributed by atoms with Crippen molar-refractivity contribution in [1.29, 1.82) is 0 Å². The molecule has 0 fully saturated rings. The van der Waals surface area contributed by atoms with Gasteiger partial charge in [0.2, 0.25) is 0 Å². The molecule has 1 aromatic heterocycles. The summed E-state index contributed by atoms with van der Waals surface area (Å²) in [6.45, 7) is 8.26. The molecule has 1 aliphatic rings. The molecule has 0 aliphatic carbocycles. The summed E-state index contributed by atoms with van der Waals surface area (Å²) >= 11 is 0. The fraction of sp³-hybridized carbons (Fsp3) is 0.565. The monoisotopic (exact) mass is 400 g/mol. The molecule has 3 rings (SSSR count). The Hall–Kier alpha value is -2.50. The van der Waals surface area contributed by atoms with Crippen LogP contribution in [0, 0.1) is 0 Å². The van der Waals surface area contributed by atoms with Crippen LogP contribution < -0.4 is 0 Å². The van der Waals surface area contributed by atoms with Crippen molar-refractivity contribution in [3.05, 3.63) is 35.5 Å². The number of hydrogen-bond donors (Lipinski definition) is 1. The molecule has 0 spiro atoms. The van der Waals surface area contributed by atoms with Crippen molar-refractivity contribution < 1.29 is 19.4 Å². The highest BCUT2D eigenvalue weighted by atomic mass is 16.6. The number of para-hydroxylation sites is 1. The number of rotatable bonds is 5. The van der Waals surface area contributed by atoms with Gasteiger partial charge in [0.1, 0.15) is 5.60 Å². The van der Waals surface area contributed by atoms with Crippen molar-refractivity contribution >= 4 is 23.0 Å². The van der Waals surface area contributed by atoms with Crippen LogP contribution in [0.3, 0.4) is 0 Å². The van der Waals surface area contributed by atoms with Crippen molar-refractivity contribution in [2.45, 2.75) is 77.5 Å². The number of aliphatic carboxylic acids is 1. The molecule has 29 heavy (non-hydrogen) atoms. The second-order valence-corrected chi connectivity index (χ2v) is 8.95. The molecule has 0 radical (unpaired) electrons. The lowest BCUT2D eigenvalue weighted by Gasteiger charge is -2.34. The third-order valence-corrected chi connectivity index (χ3v) is 5.68. The van der Waals surface area contributed by atoms with Crippen LogP contribution in [-0.2, 0) is 22.5 Å². The van der Waals surface area contributed by atoms with Crippen molar-refractivity contribution in [3.63, 3.8) is 0 Å². The van der Waals surface area contributed by atoms with Gasteiger partial charge >= 0.3 is 12.1 Å². The van der Waals surface area contributed by atoms with Crippen LogP contribution >= 0.6 is 0 Å². The van der Waals surface area contributed by atoms with E-state index in [4.69, 9.17) is 4.74 Å². The predicted molar refractivity (Wildman–Crippen MR) is 113 cm³/mol. The molecule has 0 bridgehead atoms. The molecule has 1 aromatic carbocycles. The average Bonchev–Trinajstić information content (AvgIpc) is 2.97. The van der Waals surface area contributed by atoms with Gasteiger partial charge in [-0.25, -0.2) is 4.79 Å². The molecule has 0 saturated carbocycles. The Morgan fingerprint density at radius 1 is 1.31 bits per heavy atom. The lowest BCUT2D eigenvalue weighted by atomic mass is 9.89. The van der Waals surface area contributed by atoms with Crippen LogP contribution in [0.1, 0.15) is 64.1 Å². The summed E-state index contributed by atoms with van der Waals surface area (Å²) in [5, 5.41) is 10.9. The Balaban J connectivity index is 1.98. The second kappa shape index (κ2) is 8.09. The number of nitrogens with zero attached hydrogens (tertiary/aromatic N) is 2. The van der Waals surface area contributed by atoms with Gasteiger partial charge in [-0.1, -0.05) is 31.5 Å². The van der Waals surface area contributed by atoms with Crippen molar-refractivity contribution in [2.75, 3.05) is 7.05 Å². The van der Waals surface area contributed by atoms with Crippen LogP contribution in [0.15, 0.2) is 24.3 Å². The molecule has 2 heterocycles. The van der Waals surface area contributed by atoms with Gasteiger partial charge in [0, 0.05) is 30.2 Å². The predicted octanol–water partition coefficient (Wildman–Crippen LogP) is 4.79. The van der Waals surface area contributed by atoms with E-state index in [0.717, 1.165) is 41.4 Å². The van der Waals surface area contributed by atoms with Gasteiger partial charge in [-0.2, -0.15) is 0 Å². The smallest absolute Gasteiger partial charge is 0.410 e. The quantitative estimate of drug-likeness (QED) is 0.783. The Bertz CT molecular complexity index is 909. The maximum atomic E-state index is 12.5. The molecule has 1 N–H and O–H groups in total. The van der Waals surface area contributed by atoms with Gasteiger partial charge in [-0.15, -0.1) is 0 Å². The van der Waals surface area contributed by atoms with E-state index in [2.05, 4.69) is 4.57 Å². The standard InChI is InChI=1S/C23H32N2O4/c1-6-9-17(21(26)27)20-16-10-7-8-11-18(16)25-14-15(12-13-19(20)25)24(5)22(28)29-23(2,3)4/h7-8,10-11,15,17H,6,9,12-14H2,1-5H3,(H,26,27)/t15-,17?/m1/s1. The van der Waals surface area contributed by atoms with Gasteiger partial charge < -0.3 is 19.3 Å². The van der Waals surface area contributed by atoms with E-state index in [1.807, 2.05) is 52.0 Å². The number of aromatic nitrogens is 1. The lowest BCUT2D eigenvalue weighted by molar-refractivity contribution is -0.139. The number of likely N-dealkylation sites (N-methyl/N-ethyl adjacent to an activating group) is 1. The minimum Gasteiger partial charge on any atom is -0.481 e. The van der Waals surface area contributed by atoms with E-state index in [-0.39, 0.29) is 12.1 Å². The van der Waals surface area contributed by atoms with E-state index in [1.165, 1.54) is 0 Å². The van der Waals surface area contributed by atoms with Gasteiger partial charge in [0.15, 0.2) is 0 Å². The van der Waals surface area contributed by atoms with Crippen LogP contribution in [0.5, 0.6) is 0 Å². The zero-order valence-electron chi connectivity index (χ0n) is 18.1. The maximum Gasteiger partial charge on any atom is 0.410 e. The minimum atomic E-state index is -0.765. The summed E-state index contributed by atoms with van der Waals surface area (Å²) in [7, 11) is 1.79. The number of ether oxygens (including phenoxy) is 1. The fourth-order valence-electron chi connectivity index (χ4n) is 4.33. The number of carboxylic acids is 1. The average molecular weight is 401 g/mol. The molecular formula is C23H32N2O4. The Morgan fingerprint density at radius 3 is 2.62 bits per heavy atom. The maximum absolute atomic E-state index is 12.5. The van der Waals surface area contributed by atoms with Crippen LogP contribution in [0.4, 0.5) is 4.79 Å². The Kier molecular flexibility index (Phi) is 5.92. The lowest BCUT2D eigenvalue weighted by Crippen LogP contribution is -2.44. The zero-order chi connectivity index (χ0) is 21.3. The highest BCUT2D eigenvalue weighted by molar-refractivity contribution is 5.91. The summed E-state index contributed by atoms with van der Waals surface area (Å²) in [5.41, 5.74) is 2.56. The van der Waals surface area contributed by atoms with Crippen LogP contribution in [0.2, 0.25) is 0 Å². The molecule has 1 aliphatic heterocycles. The van der Waals surface area contributed by atoms with E-state index >= 15 is 0 Å². The molecule has 6 nitrogen and oxygen atoms in total. The van der Waals surface area contributed by atoms with Crippen molar-refractivity contribution in [3.8, 4) is 0 Å². The number of amides is 1. The van der Waals surface area contributed by atoms with Crippen LogP contribution in [-0.4, -0.2) is 45.3 Å². The van der Waals surface area contributed by atoms with E-state index in [9.17, 15) is 14.7 Å². The number of carboxylic acid groups (broad SMARTS) is 1. The van der Waals surface area contributed by atoms with Gasteiger partial charge in [0.25, 0.3) is 0 Å². The normalized spacial score (nSPS) is 17.6. The summed E-state index contributed by atoms with van der Waals surface area (Å²) in [6, 6.07) is 8.02. The first-order valence-corrected chi connectivity index (χ1v) is 10.4. The highest BCUT2D eigenvalue weighted by Gasteiger charge is 2.34. The zero-order valence-corrected chi connectivity index (χ0v) is 18.1. The topological polar surface area (TPSA) is 71.8 Å². The third-order valence-electron chi connectivity index (χ3n) is 5.68. The first-order chi connectivity index (χ1) is 13.6. The summed E-state index contributed by atoms with van der Waals surface area (Å²) in [6.07, 6.45) is 2.65. The summed E-state index contributed by atoms with van der Waals surface area (Å²) in [5.74, 6) is -1.26. The summed E-state index contributed by atoms with van der Waals surface area (Å²) in [4.78, 5) is 26.3. The fourth-order valence-corrected chi connectivity index (χ4v) is 4.33. The number of carbonyl (C=O) groups excluding carboxylic acids is 1. The largest absolute Gasteiger partial charge is 0.481 e. The first kappa shape index (κ1) is 21.2. The van der Waals surface area contributed by atoms with Gasteiger partial charge in [0.05, 0.1) is 12.0 Å². The number of benzene rings is 1. The van der Waals surface area contributed by atoms with E-state index in [1.54, 1.807) is 11.9 Å².